The van der Waals surface area contributed by atoms with E-state index in [2.05, 4.69) is 225 Å². The van der Waals surface area contributed by atoms with E-state index in [1.54, 1.807) is 0 Å². The highest BCUT2D eigenvalue weighted by Crippen LogP contribution is 2.43. The van der Waals surface area contributed by atoms with Crippen molar-refractivity contribution in [3.05, 3.63) is 288 Å². The standard InChI is InChI=1S/C80H74N8O4/c1-5-21-57(22-6-1)53-89-49-45-81-65-33-17-13-29-61(65)77-69-37-39-71(85-69)78(62-30-14-18-34-66(62)82-46-50-90-54-58-23-7-2-8-24-58)73-41-43-75(87-73)80(64-32-16-20-36-68(64)84-48-52-92-56-60-27-11-4-12-28-60)76-44-42-74(88-76)79(72-40-38-70(77)86-72)63-31-15-19-35-67(63)83-47-51-91-55-59-25-9-3-10-26-59/h1-44,81-85,88H,45-56H2. The molecule has 11 aromatic rings. The van der Waals surface area contributed by atoms with Gasteiger partial charge in [0.15, 0.2) is 0 Å². The van der Waals surface area contributed by atoms with Gasteiger partial charge in [0.2, 0.25) is 0 Å². The summed E-state index contributed by atoms with van der Waals surface area (Å²) in [4.78, 5) is 19.5. The number of aromatic nitrogens is 4. The normalized spacial score (nSPS) is 11.7. The van der Waals surface area contributed by atoms with Gasteiger partial charge < -0.3 is 50.2 Å². The molecule has 0 fully saturated rings. The maximum absolute atomic E-state index is 6.20. The fraction of sp³-hybridized carbons (Fsp3) is 0.150. The number of para-hydroxylation sites is 4. The third-order valence-electron chi connectivity index (χ3n) is 16.2. The zero-order valence-corrected chi connectivity index (χ0v) is 51.4. The molecule has 12 nitrogen and oxygen atoms in total. The Bertz CT molecular complexity index is 3930. The predicted molar refractivity (Wildman–Crippen MR) is 379 cm³/mol. The zero-order valence-electron chi connectivity index (χ0n) is 51.4. The lowest BCUT2D eigenvalue weighted by Crippen LogP contribution is -2.10. The Morgan fingerprint density at radius 2 is 0.467 bits per heavy atom. The number of nitrogens with one attached hydrogen (secondary N) is 6. The van der Waals surface area contributed by atoms with Gasteiger partial charge in [-0.05, 0) is 95.1 Å². The Labute approximate surface area is 537 Å². The summed E-state index contributed by atoms with van der Waals surface area (Å²) >= 11 is 0. The highest BCUT2D eigenvalue weighted by atomic mass is 16.5. The molecule has 8 aromatic carbocycles. The van der Waals surface area contributed by atoms with Crippen molar-refractivity contribution in [2.75, 3.05) is 73.9 Å². The van der Waals surface area contributed by atoms with E-state index < -0.39 is 0 Å². The van der Waals surface area contributed by atoms with Crippen LogP contribution in [0.2, 0.25) is 0 Å². The van der Waals surface area contributed by atoms with Gasteiger partial charge in [0.05, 0.1) is 75.6 Å². The number of H-pyrrole nitrogens is 2. The molecule has 3 aromatic heterocycles. The van der Waals surface area contributed by atoms with Crippen LogP contribution in [0, 0.1) is 0 Å². The van der Waals surface area contributed by atoms with Crippen molar-refractivity contribution in [1.82, 2.24) is 19.9 Å². The summed E-state index contributed by atoms with van der Waals surface area (Å²) in [6, 6.07) is 83.8. The third-order valence-corrected chi connectivity index (χ3v) is 16.2. The maximum atomic E-state index is 6.20. The summed E-state index contributed by atoms with van der Waals surface area (Å²) < 4.78 is 24.8. The Kier molecular flexibility index (Phi) is 19.8. The largest absolute Gasteiger partial charge is 0.382 e. The number of anilines is 4. The fourth-order valence-electron chi connectivity index (χ4n) is 11.8. The monoisotopic (exact) mass is 1210 g/mol. The van der Waals surface area contributed by atoms with Crippen LogP contribution in [-0.4, -0.2) is 72.5 Å². The number of rotatable bonds is 28. The van der Waals surface area contributed by atoms with E-state index in [0.717, 1.165) is 134 Å². The molecule has 0 aliphatic carbocycles. The van der Waals surface area contributed by atoms with E-state index in [4.69, 9.17) is 28.9 Å². The Balaban J connectivity index is 0.975. The molecule has 8 bridgehead atoms. The minimum absolute atomic E-state index is 0.512. The highest BCUT2D eigenvalue weighted by Gasteiger charge is 2.23. The molecular weight excluding hydrogens is 1140 g/mol. The topological polar surface area (TPSA) is 142 Å². The van der Waals surface area contributed by atoms with Crippen LogP contribution in [0.1, 0.15) is 45.0 Å². The number of nitrogens with zero attached hydrogens (tertiary/aromatic N) is 2. The first-order chi connectivity index (χ1) is 45.7. The van der Waals surface area contributed by atoms with Crippen molar-refractivity contribution in [3.63, 3.8) is 0 Å². The predicted octanol–water partition coefficient (Wildman–Crippen LogP) is 17.8. The molecular formula is C80H74N8O4. The molecule has 0 atom stereocenters. The fourth-order valence-corrected chi connectivity index (χ4v) is 11.8. The average Bonchev–Trinajstić information content (AvgIpc) is 1.74. The average molecular weight is 1210 g/mol. The van der Waals surface area contributed by atoms with Crippen molar-refractivity contribution in [3.8, 4) is 44.5 Å². The molecule has 2 aliphatic heterocycles. The van der Waals surface area contributed by atoms with Gasteiger partial charge in [-0.1, -0.05) is 194 Å². The van der Waals surface area contributed by atoms with Crippen LogP contribution in [0.4, 0.5) is 22.7 Å². The maximum Gasteiger partial charge on any atom is 0.0738 e. The molecule has 0 radical (unpaired) electrons. The molecule has 92 heavy (non-hydrogen) atoms. The molecule has 458 valence electrons. The number of aromatic amines is 2. The molecule has 0 spiro atoms. The summed E-state index contributed by atoms with van der Waals surface area (Å²) in [6.45, 7) is 6.54. The van der Waals surface area contributed by atoms with E-state index in [1.165, 1.54) is 0 Å². The van der Waals surface area contributed by atoms with Gasteiger partial charge in [-0.25, -0.2) is 9.97 Å². The van der Waals surface area contributed by atoms with Gasteiger partial charge in [-0.3, -0.25) is 0 Å². The lowest BCUT2D eigenvalue weighted by molar-refractivity contribution is 0.130. The number of hydrogen-bond acceptors (Lipinski definition) is 10. The molecule has 5 heterocycles. The Hall–Kier alpha value is -10.6. The van der Waals surface area contributed by atoms with E-state index in [0.29, 0.717) is 79.0 Å². The van der Waals surface area contributed by atoms with Crippen molar-refractivity contribution in [2.24, 2.45) is 0 Å². The second-order valence-electron chi connectivity index (χ2n) is 22.5. The lowest BCUT2D eigenvalue weighted by atomic mass is 10.0. The molecule has 13 rings (SSSR count). The zero-order chi connectivity index (χ0) is 61.9. The van der Waals surface area contributed by atoms with Crippen molar-refractivity contribution < 1.29 is 18.9 Å². The van der Waals surface area contributed by atoms with Crippen molar-refractivity contribution in [1.29, 1.82) is 0 Å². The van der Waals surface area contributed by atoms with Crippen molar-refractivity contribution >= 4 is 69.1 Å². The number of ether oxygens (including phenoxy) is 4. The van der Waals surface area contributed by atoms with Crippen LogP contribution in [0.5, 0.6) is 0 Å². The first-order valence-corrected chi connectivity index (χ1v) is 31.6. The van der Waals surface area contributed by atoms with Gasteiger partial charge in [-0.2, -0.15) is 0 Å². The van der Waals surface area contributed by atoms with Gasteiger partial charge >= 0.3 is 0 Å². The van der Waals surface area contributed by atoms with Crippen molar-refractivity contribution in [2.45, 2.75) is 26.4 Å². The Morgan fingerprint density at radius 3 is 0.707 bits per heavy atom. The van der Waals surface area contributed by atoms with E-state index in [1.807, 2.05) is 72.8 Å². The molecule has 6 N–H and O–H groups in total. The second-order valence-corrected chi connectivity index (χ2v) is 22.5. The van der Waals surface area contributed by atoms with Crippen LogP contribution in [0.3, 0.4) is 0 Å². The first-order valence-electron chi connectivity index (χ1n) is 31.6. The Morgan fingerprint density at radius 1 is 0.250 bits per heavy atom. The van der Waals surface area contributed by atoms with Crippen LogP contribution in [0.15, 0.2) is 243 Å². The van der Waals surface area contributed by atoms with Crippen LogP contribution in [-0.2, 0) is 45.4 Å². The van der Waals surface area contributed by atoms with E-state index in [-0.39, 0.29) is 0 Å². The SMILES string of the molecule is C1=Cc2nc1c(-c1ccccc1NCCOCc1ccccc1)c1ccc([nH]1)c(-c1ccccc1NCCOCc1ccccc1)c1nc(c(-c3ccccc3NCCOCc3ccccc3)c3ccc([nH]3)c2-c2ccccc2NCCOCc2ccccc2)C=C1. The molecule has 2 aliphatic rings. The minimum Gasteiger partial charge on any atom is -0.382 e. The quantitative estimate of drug-likeness (QED) is 0.0263. The van der Waals surface area contributed by atoms with Gasteiger partial charge in [0.1, 0.15) is 0 Å². The lowest BCUT2D eigenvalue weighted by Gasteiger charge is -2.15. The smallest absolute Gasteiger partial charge is 0.0738 e. The summed E-state index contributed by atoms with van der Waals surface area (Å²) in [6.07, 6.45) is 8.60. The van der Waals surface area contributed by atoms with Crippen LogP contribution >= 0.6 is 0 Å². The van der Waals surface area contributed by atoms with Crippen LogP contribution in [0.25, 0.3) is 90.9 Å². The minimum atomic E-state index is 0.512. The first kappa shape index (κ1) is 60.3. The second kappa shape index (κ2) is 30.3. The summed E-state index contributed by atoms with van der Waals surface area (Å²) in [5.74, 6) is 0. The molecule has 0 amide bonds. The van der Waals surface area contributed by atoms with E-state index >= 15 is 0 Å². The summed E-state index contributed by atoms with van der Waals surface area (Å²) in [5, 5.41) is 15.0. The highest BCUT2D eigenvalue weighted by molar-refractivity contribution is 6.03. The number of hydrogen-bond donors (Lipinski definition) is 6. The van der Waals surface area contributed by atoms with Gasteiger partial charge in [0.25, 0.3) is 0 Å². The summed E-state index contributed by atoms with van der Waals surface area (Å²) in [7, 11) is 0. The molecule has 0 saturated heterocycles. The number of fused-ring (bicyclic) bond motifs is 8. The van der Waals surface area contributed by atoms with E-state index in [9.17, 15) is 0 Å². The molecule has 0 saturated carbocycles. The summed E-state index contributed by atoms with van der Waals surface area (Å²) in [5.41, 5.74) is 22.8. The number of benzene rings is 8. The molecule has 0 unspecified atom stereocenters. The van der Waals surface area contributed by atoms with Crippen LogP contribution < -0.4 is 21.3 Å². The van der Waals surface area contributed by atoms with Gasteiger partial charge in [0, 0.05) is 116 Å². The van der Waals surface area contributed by atoms with Gasteiger partial charge in [-0.15, -0.1) is 0 Å². The third kappa shape index (κ3) is 14.8. The molecule has 12 heteroatoms.